The predicted molar refractivity (Wildman–Crippen MR) is 36.5 cm³/mol. The summed E-state index contributed by atoms with van der Waals surface area (Å²) in [5.41, 5.74) is 0. The molecule has 0 aliphatic carbocycles. The third-order valence-corrected chi connectivity index (χ3v) is 0.691. The van der Waals surface area contributed by atoms with Crippen molar-refractivity contribution in [2.45, 2.75) is 34.1 Å². The molecule has 0 N–H and O–H groups in total. The van der Waals surface area contributed by atoms with Crippen LogP contribution in [0.15, 0.2) is 12.2 Å². The second-order valence-corrected chi connectivity index (χ2v) is 1.36. The minimum atomic E-state index is 0. The molecule has 0 saturated carbocycles. The molecule has 0 aromatic heterocycles. The van der Waals surface area contributed by atoms with Crippen molar-refractivity contribution >= 4 is 0 Å². The van der Waals surface area contributed by atoms with Crippen molar-refractivity contribution in [3.05, 3.63) is 12.2 Å². The maximum Gasteiger partial charge on any atom is -0.0353 e. The molecule has 0 aliphatic rings. The molecule has 44 valence electrons. The van der Waals surface area contributed by atoms with E-state index in [0.29, 0.717) is 0 Å². The van der Waals surface area contributed by atoms with Crippen LogP contribution in [-0.4, -0.2) is 0 Å². The zero-order valence-corrected chi connectivity index (χ0v) is 4.57. The van der Waals surface area contributed by atoms with Gasteiger partial charge in [0.2, 0.25) is 0 Å². The van der Waals surface area contributed by atoms with Gasteiger partial charge in [0, 0.05) is 0 Å². The third kappa shape index (κ3) is 10.7. The average molecular weight is 100 g/mol. The number of allylic oxidation sites excluding steroid dienone is 2. The Bertz CT molecular complexity index is 35.3. The molecule has 0 nitrogen and oxygen atoms in total. The van der Waals surface area contributed by atoms with Gasteiger partial charge in [0.15, 0.2) is 0 Å². The Balaban J connectivity index is 0. The van der Waals surface area contributed by atoms with Crippen LogP contribution in [0.1, 0.15) is 34.1 Å². The zero-order valence-electron chi connectivity index (χ0n) is 4.57. The van der Waals surface area contributed by atoms with E-state index in [9.17, 15) is 0 Å². The van der Waals surface area contributed by atoms with E-state index in [2.05, 4.69) is 26.0 Å². The Hall–Kier alpha value is -0.260. The molecule has 0 radical (unpaired) electrons. The second-order valence-electron chi connectivity index (χ2n) is 1.36. The average Bonchev–Trinajstić information content (AvgIpc) is 1.61. The van der Waals surface area contributed by atoms with Gasteiger partial charge in [-0.05, 0) is 13.3 Å². The van der Waals surface area contributed by atoms with E-state index in [-0.39, 0.29) is 7.43 Å². The summed E-state index contributed by atoms with van der Waals surface area (Å²) in [5.74, 6) is 0. The SMILES string of the molecule is C.CC=CCCC. The minimum absolute atomic E-state index is 0. The number of hydrogen-bond acceptors (Lipinski definition) is 0. The van der Waals surface area contributed by atoms with Crippen LogP contribution in [0.4, 0.5) is 0 Å². The lowest BCUT2D eigenvalue weighted by molar-refractivity contribution is 0.957. The fraction of sp³-hybridized carbons (Fsp3) is 0.714. The first kappa shape index (κ1) is 9.88. The Kier molecular flexibility index (Phi) is 13.0. The molecule has 0 amide bonds. The van der Waals surface area contributed by atoms with Gasteiger partial charge in [0.05, 0.1) is 0 Å². The van der Waals surface area contributed by atoms with E-state index < -0.39 is 0 Å². The Labute approximate surface area is 47.2 Å². The molecule has 0 heteroatoms. The molecular weight excluding hydrogens is 84.1 g/mol. The molecule has 0 bridgehead atoms. The van der Waals surface area contributed by atoms with Gasteiger partial charge in [-0.1, -0.05) is 32.9 Å². The summed E-state index contributed by atoms with van der Waals surface area (Å²) < 4.78 is 0. The van der Waals surface area contributed by atoms with Crippen molar-refractivity contribution in [2.75, 3.05) is 0 Å². The molecule has 0 unspecified atom stereocenters. The van der Waals surface area contributed by atoms with Crippen LogP contribution < -0.4 is 0 Å². The summed E-state index contributed by atoms with van der Waals surface area (Å²) in [4.78, 5) is 0. The quantitative estimate of drug-likeness (QED) is 0.468. The van der Waals surface area contributed by atoms with Crippen LogP contribution >= 0.6 is 0 Å². The van der Waals surface area contributed by atoms with Gasteiger partial charge in [-0.3, -0.25) is 0 Å². The lowest BCUT2D eigenvalue weighted by atomic mass is 10.3. The van der Waals surface area contributed by atoms with Gasteiger partial charge < -0.3 is 0 Å². The fourth-order valence-corrected chi connectivity index (χ4v) is 0.333. The molecule has 0 saturated heterocycles. The standard InChI is InChI=1S/C6H12.CH4/c1-3-5-6-4-2;/h3,5H,4,6H2,1-2H3;1H4. The lowest BCUT2D eigenvalue weighted by Gasteiger charge is -1.76. The van der Waals surface area contributed by atoms with Gasteiger partial charge in [-0.15, -0.1) is 0 Å². The lowest BCUT2D eigenvalue weighted by Crippen LogP contribution is -1.55. The van der Waals surface area contributed by atoms with Crippen molar-refractivity contribution in [3.8, 4) is 0 Å². The normalized spacial score (nSPS) is 8.86. The summed E-state index contributed by atoms with van der Waals surface area (Å²) in [6.45, 7) is 4.23. The van der Waals surface area contributed by atoms with Crippen molar-refractivity contribution in [2.24, 2.45) is 0 Å². The molecule has 0 spiro atoms. The highest BCUT2D eigenvalue weighted by molar-refractivity contribution is 4.75. The molecule has 0 rings (SSSR count). The third-order valence-electron chi connectivity index (χ3n) is 0.691. The second kappa shape index (κ2) is 9.22. The summed E-state index contributed by atoms with van der Waals surface area (Å²) in [6, 6.07) is 0. The van der Waals surface area contributed by atoms with Crippen molar-refractivity contribution < 1.29 is 0 Å². The van der Waals surface area contributed by atoms with Crippen molar-refractivity contribution in [1.29, 1.82) is 0 Å². The van der Waals surface area contributed by atoms with E-state index in [1.165, 1.54) is 12.8 Å². The zero-order chi connectivity index (χ0) is 4.83. The monoisotopic (exact) mass is 100 g/mol. The van der Waals surface area contributed by atoms with Crippen molar-refractivity contribution in [3.63, 3.8) is 0 Å². The first-order valence-electron chi connectivity index (χ1n) is 2.53. The molecule has 0 aromatic rings. The minimum Gasteiger partial charge on any atom is -0.0917 e. The van der Waals surface area contributed by atoms with Gasteiger partial charge in [-0.2, -0.15) is 0 Å². The van der Waals surface area contributed by atoms with E-state index in [1.807, 2.05) is 0 Å². The van der Waals surface area contributed by atoms with Gasteiger partial charge in [0.25, 0.3) is 0 Å². The Morgan fingerprint density at radius 1 is 1.43 bits per heavy atom. The molecule has 0 atom stereocenters. The van der Waals surface area contributed by atoms with E-state index in [4.69, 9.17) is 0 Å². The number of rotatable bonds is 2. The summed E-state index contributed by atoms with van der Waals surface area (Å²) >= 11 is 0. The van der Waals surface area contributed by atoms with E-state index in [1.54, 1.807) is 0 Å². The van der Waals surface area contributed by atoms with Gasteiger partial charge in [-0.25, -0.2) is 0 Å². The number of unbranched alkanes of at least 4 members (excludes halogenated alkanes) is 1. The number of hydrogen-bond donors (Lipinski definition) is 0. The molecule has 0 heterocycles. The summed E-state index contributed by atoms with van der Waals surface area (Å²) in [5, 5.41) is 0. The first-order valence-corrected chi connectivity index (χ1v) is 2.53. The van der Waals surface area contributed by atoms with Crippen LogP contribution in [0.5, 0.6) is 0 Å². The molecule has 0 fully saturated rings. The summed E-state index contributed by atoms with van der Waals surface area (Å²) in [6.07, 6.45) is 6.77. The molecule has 0 aliphatic heterocycles. The molecular formula is C7H16. The van der Waals surface area contributed by atoms with E-state index >= 15 is 0 Å². The van der Waals surface area contributed by atoms with Crippen LogP contribution in [-0.2, 0) is 0 Å². The summed E-state index contributed by atoms with van der Waals surface area (Å²) in [7, 11) is 0. The smallest absolute Gasteiger partial charge is 0.0353 e. The largest absolute Gasteiger partial charge is 0.0917 e. The topological polar surface area (TPSA) is 0 Å². The van der Waals surface area contributed by atoms with Crippen LogP contribution in [0.2, 0.25) is 0 Å². The first-order chi connectivity index (χ1) is 2.91. The predicted octanol–water partition coefficient (Wildman–Crippen LogP) is 3.00. The molecule has 0 aromatic carbocycles. The van der Waals surface area contributed by atoms with Gasteiger partial charge >= 0.3 is 0 Å². The highest BCUT2D eigenvalue weighted by atomic mass is 13.7. The van der Waals surface area contributed by atoms with Crippen LogP contribution in [0, 0.1) is 0 Å². The maximum absolute atomic E-state index is 2.18. The van der Waals surface area contributed by atoms with Crippen LogP contribution in [0.3, 0.4) is 0 Å². The Morgan fingerprint density at radius 3 is 2.14 bits per heavy atom. The molecule has 7 heavy (non-hydrogen) atoms. The fourth-order valence-electron chi connectivity index (χ4n) is 0.333. The van der Waals surface area contributed by atoms with Crippen molar-refractivity contribution in [1.82, 2.24) is 0 Å². The highest BCUT2D eigenvalue weighted by Crippen LogP contribution is 1.85. The Morgan fingerprint density at radius 2 is 2.00 bits per heavy atom. The van der Waals surface area contributed by atoms with E-state index in [0.717, 1.165) is 0 Å². The highest BCUT2D eigenvalue weighted by Gasteiger charge is 1.64. The van der Waals surface area contributed by atoms with Crippen LogP contribution in [0.25, 0.3) is 0 Å². The van der Waals surface area contributed by atoms with Gasteiger partial charge in [0.1, 0.15) is 0 Å². The maximum atomic E-state index is 2.18.